The highest BCUT2D eigenvalue weighted by molar-refractivity contribution is 5.80. The lowest BCUT2D eigenvalue weighted by Crippen LogP contribution is -2.21. The van der Waals surface area contributed by atoms with Gasteiger partial charge in [0, 0.05) is 13.2 Å². The predicted molar refractivity (Wildman–Crippen MR) is 35.7 cm³/mol. The first-order valence-corrected chi connectivity index (χ1v) is 2.83. The Morgan fingerprint density at radius 1 is 1.56 bits per heavy atom. The van der Waals surface area contributed by atoms with Gasteiger partial charge in [0.15, 0.2) is 0 Å². The van der Waals surface area contributed by atoms with Crippen LogP contribution in [0.5, 0.6) is 0 Å². The standard InChI is InChI=1S/C6H10N2O/c1-5-4-8(3)6(2)7-9-5/h4H,1-3H3. The summed E-state index contributed by atoms with van der Waals surface area (Å²) in [6, 6.07) is 0. The highest BCUT2D eigenvalue weighted by Crippen LogP contribution is 2.05. The van der Waals surface area contributed by atoms with Crippen LogP contribution < -0.4 is 0 Å². The van der Waals surface area contributed by atoms with Gasteiger partial charge in [0.2, 0.25) is 0 Å². The fourth-order valence-electron chi connectivity index (χ4n) is 0.592. The van der Waals surface area contributed by atoms with Crippen molar-refractivity contribution in [2.75, 3.05) is 7.05 Å². The van der Waals surface area contributed by atoms with Crippen LogP contribution in [0.1, 0.15) is 13.8 Å². The van der Waals surface area contributed by atoms with E-state index in [0.29, 0.717) is 0 Å². The van der Waals surface area contributed by atoms with E-state index in [4.69, 9.17) is 4.84 Å². The molecule has 0 fully saturated rings. The zero-order valence-electron chi connectivity index (χ0n) is 5.88. The van der Waals surface area contributed by atoms with Crippen LogP contribution in [0.15, 0.2) is 17.1 Å². The van der Waals surface area contributed by atoms with Crippen molar-refractivity contribution in [2.45, 2.75) is 13.8 Å². The number of oxime groups is 1. The molecule has 0 unspecified atom stereocenters. The number of rotatable bonds is 0. The first-order chi connectivity index (χ1) is 4.20. The summed E-state index contributed by atoms with van der Waals surface area (Å²) < 4.78 is 0. The molecule has 3 nitrogen and oxygen atoms in total. The molecule has 1 heterocycles. The van der Waals surface area contributed by atoms with Crippen molar-refractivity contribution in [3.63, 3.8) is 0 Å². The largest absolute Gasteiger partial charge is 0.358 e. The summed E-state index contributed by atoms with van der Waals surface area (Å²) in [7, 11) is 1.94. The number of hydrogen-bond acceptors (Lipinski definition) is 3. The summed E-state index contributed by atoms with van der Waals surface area (Å²) in [5.41, 5.74) is 0. The SMILES string of the molecule is CC1=CN(C)C(C)=NO1. The molecule has 0 saturated carbocycles. The Hall–Kier alpha value is -0.990. The third-order valence-corrected chi connectivity index (χ3v) is 1.21. The molecule has 1 rings (SSSR count). The van der Waals surface area contributed by atoms with Gasteiger partial charge in [-0.05, 0) is 13.8 Å². The number of amidine groups is 1. The average Bonchev–Trinajstić information content (AvgIpc) is 1.80. The molecule has 0 N–H and O–H groups in total. The van der Waals surface area contributed by atoms with Gasteiger partial charge in [-0.1, -0.05) is 5.16 Å². The molecule has 9 heavy (non-hydrogen) atoms. The van der Waals surface area contributed by atoms with E-state index in [9.17, 15) is 0 Å². The van der Waals surface area contributed by atoms with E-state index >= 15 is 0 Å². The van der Waals surface area contributed by atoms with E-state index in [1.165, 1.54) is 0 Å². The van der Waals surface area contributed by atoms with Crippen molar-refractivity contribution < 1.29 is 4.84 Å². The Bertz CT molecular complexity index is 172. The first-order valence-electron chi connectivity index (χ1n) is 2.83. The Balaban J connectivity index is 2.70. The van der Waals surface area contributed by atoms with Gasteiger partial charge in [-0.2, -0.15) is 0 Å². The average molecular weight is 126 g/mol. The summed E-state index contributed by atoms with van der Waals surface area (Å²) in [5.74, 6) is 1.70. The van der Waals surface area contributed by atoms with E-state index < -0.39 is 0 Å². The second-order valence-corrected chi connectivity index (χ2v) is 2.08. The third-order valence-electron chi connectivity index (χ3n) is 1.21. The summed E-state index contributed by atoms with van der Waals surface area (Å²) in [6.07, 6.45) is 1.89. The molecular formula is C6H10N2O. The van der Waals surface area contributed by atoms with Gasteiger partial charge in [-0.15, -0.1) is 0 Å². The minimum Gasteiger partial charge on any atom is -0.358 e. The summed E-state index contributed by atoms with van der Waals surface area (Å²) >= 11 is 0. The van der Waals surface area contributed by atoms with Crippen molar-refractivity contribution in [3.05, 3.63) is 12.0 Å². The molecule has 0 aliphatic carbocycles. The van der Waals surface area contributed by atoms with Crippen LogP contribution in [0, 0.1) is 0 Å². The topological polar surface area (TPSA) is 24.8 Å². The van der Waals surface area contributed by atoms with Gasteiger partial charge in [0.05, 0.1) is 0 Å². The van der Waals surface area contributed by atoms with Crippen LogP contribution >= 0.6 is 0 Å². The molecule has 3 heteroatoms. The summed E-state index contributed by atoms with van der Waals surface area (Å²) in [5, 5.41) is 3.77. The fourth-order valence-corrected chi connectivity index (χ4v) is 0.592. The zero-order chi connectivity index (χ0) is 6.85. The number of hydrogen-bond donors (Lipinski definition) is 0. The van der Waals surface area contributed by atoms with Crippen molar-refractivity contribution in [3.8, 4) is 0 Å². The van der Waals surface area contributed by atoms with E-state index in [-0.39, 0.29) is 0 Å². The molecular weight excluding hydrogens is 116 g/mol. The fraction of sp³-hybridized carbons (Fsp3) is 0.500. The zero-order valence-corrected chi connectivity index (χ0v) is 5.88. The van der Waals surface area contributed by atoms with Crippen molar-refractivity contribution in [2.24, 2.45) is 5.16 Å². The molecule has 1 aliphatic heterocycles. The van der Waals surface area contributed by atoms with E-state index in [1.807, 2.05) is 32.0 Å². The maximum absolute atomic E-state index is 4.87. The number of allylic oxidation sites excluding steroid dienone is 1. The number of nitrogens with zero attached hydrogens (tertiary/aromatic N) is 2. The molecule has 0 aromatic carbocycles. The van der Waals surface area contributed by atoms with Crippen molar-refractivity contribution in [1.29, 1.82) is 0 Å². The molecule has 1 aliphatic rings. The molecule has 0 aromatic heterocycles. The quantitative estimate of drug-likeness (QED) is 0.486. The highest BCUT2D eigenvalue weighted by atomic mass is 16.6. The normalized spacial score (nSPS) is 18.3. The van der Waals surface area contributed by atoms with Gasteiger partial charge in [-0.25, -0.2) is 0 Å². The van der Waals surface area contributed by atoms with Crippen LogP contribution in [-0.2, 0) is 4.84 Å². The Morgan fingerprint density at radius 2 is 2.22 bits per heavy atom. The minimum absolute atomic E-state index is 0.822. The minimum atomic E-state index is 0.822. The van der Waals surface area contributed by atoms with E-state index in [0.717, 1.165) is 11.6 Å². The van der Waals surface area contributed by atoms with E-state index in [2.05, 4.69) is 5.16 Å². The van der Waals surface area contributed by atoms with Crippen molar-refractivity contribution in [1.82, 2.24) is 4.90 Å². The molecule has 0 spiro atoms. The second kappa shape index (κ2) is 2.09. The Kier molecular flexibility index (Phi) is 1.42. The van der Waals surface area contributed by atoms with Crippen LogP contribution in [0.3, 0.4) is 0 Å². The first kappa shape index (κ1) is 6.13. The molecule has 50 valence electrons. The van der Waals surface area contributed by atoms with Gasteiger partial charge in [-0.3, -0.25) is 0 Å². The van der Waals surface area contributed by atoms with Crippen LogP contribution in [0.4, 0.5) is 0 Å². The Labute approximate surface area is 54.6 Å². The molecule has 0 bridgehead atoms. The maximum Gasteiger partial charge on any atom is 0.148 e. The lowest BCUT2D eigenvalue weighted by Gasteiger charge is -2.17. The molecule has 0 atom stereocenters. The summed E-state index contributed by atoms with van der Waals surface area (Å²) in [4.78, 5) is 6.78. The predicted octanol–water partition coefficient (Wildman–Crippen LogP) is 1.14. The molecule has 0 aromatic rings. The van der Waals surface area contributed by atoms with Gasteiger partial charge < -0.3 is 9.74 Å². The van der Waals surface area contributed by atoms with Gasteiger partial charge in [0.25, 0.3) is 0 Å². The van der Waals surface area contributed by atoms with Gasteiger partial charge in [0.1, 0.15) is 11.6 Å². The Morgan fingerprint density at radius 3 is 2.67 bits per heavy atom. The second-order valence-electron chi connectivity index (χ2n) is 2.08. The monoisotopic (exact) mass is 126 g/mol. The smallest absolute Gasteiger partial charge is 0.148 e. The lowest BCUT2D eigenvalue weighted by atomic mass is 10.5. The van der Waals surface area contributed by atoms with E-state index in [1.54, 1.807) is 0 Å². The van der Waals surface area contributed by atoms with Crippen LogP contribution in [-0.4, -0.2) is 17.8 Å². The molecule has 0 radical (unpaired) electrons. The third kappa shape index (κ3) is 1.22. The van der Waals surface area contributed by atoms with Crippen molar-refractivity contribution >= 4 is 5.84 Å². The molecule has 0 saturated heterocycles. The molecule has 0 amide bonds. The van der Waals surface area contributed by atoms with Crippen LogP contribution in [0.2, 0.25) is 0 Å². The summed E-state index contributed by atoms with van der Waals surface area (Å²) in [6.45, 7) is 3.76. The highest BCUT2D eigenvalue weighted by Gasteiger charge is 2.04. The van der Waals surface area contributed by atoms with Crippen LogP contribution in [0.25, 0.3) is 0 Å². The lowest BCUT2D eigenvalue weighted by molar-refractivity contribution is 0.208. The maximum atomic E-state index is 4.87. The van der Waals surface area contributed by atoms with Gasteiger partial charge >= 0.3 is 0 Å².